The molecule has 1 unspecified atom stereocenters. The summed E-state index contributed by atoms with van der Waals surface area (Å²) >= 11 is 5.99. The number of benzene rings is 1. The molecule has 1 fully saturated rings. The molecule has 0 bridgehead atoms. The first-order chi connectivity index (χ1) is 8.53. The zero-order valence-electron chi connectivity index (χ0n) is 11.1. The van der Waals surface area contributed by atoms with Crippen molar-refractivity contribution in [3.63, 3.8) is 0 Å². The summed E-state index contributed by atoms with van der Waals surface area (Å²) in [7, 11) is 0. The van der Waals surface area contributed by atoms with E-state index < -0.39 is 0 Å². The van der Waals surface area contributed by atoms with Crippen LogP contribution in [0.4, 0.5) is 0 Å². The number of halogens is 1. The number of aryl methyl sites for hydroxylation is 1. The lowest BCUT2D eigenvalue weighted by molar-refractivity contribution is -0.153. The first kappa shape index (κ1) is 13.4. The van der Waals surface area contributed by atoms with Crippen LogP contribution in [0, 0.1) is 12.3 Å². The number of ether oxygens (including phenoxy) is 1. The fourth-order valence-corrected chi connectivity index (χ4v) is 2.84. The van der Waals surface area contributed by atoms with Crippen LogP contribution in [0.5, 0.6) is 5.75 Å². The second-order valence-electron chi connectivity index (χ2n) is 5.01. The lowest BCUT2D eigenvalue weighted by Crippen LogP contribution is -2.56. The van der Waals surface area contributed by atoms with Crippen LogP contribution >= 0.6 is 11.6 Å². The maximum Gasteiger partial charge on any atom is 0.146 e. The third-order valence-electron chi connectivity index (χ3n) is 4.21. The molecule has 1 atom stereocenters. The molecule has 0 aliphatic heterocycles. The molecule has 2 rings (SSSR count). The van der Waals surface area contributed by atoms with E-state index in [-0.39, 0.29) is 11.5 Å². The zero-order valence-corrected chi connectivity index (χ0v) is 11.9. The molecule has 98 valence electrons. The molecule has 0 aromatic heterocycles. The summed E-state index contributed by atoms with van der Waals surface area (Å²) in [4.78, 5) is 11.8. The van der Waals surface area contributed by atoms with E-state index >= 15 is 0 Å². The fourth-order valence-electron chi connectivity index (χ4n) is 2.72. The number of Topliss-reactive ketones (excluding diaryl/α,β-unsaturated/α-hetero) is 1. The molecule has 0 heterocycles. The van der Waals surface area contributed by atoms with Gasteiger partial charge in [0.1, 0.15) is 17.6 Å². The van der Waals surface area contributed by atoms with Crippen molar-refractivity contribution in [2.45, 2.75) is 46.1 Å². The van der Waals surface area contributed by atoms with Crippen molar-refractivity contribution in [1.29, 1.82) is 0 Å². The van der Waals surface area contributed by atoms with E-state index in [9.17, 15) is 4.79 Å². The van der Waals surface area contributed by atoms with Crippen molar-refractivity contribution in [1.82, 2.24) is 0 Å². The highest BCUT2D eigenvalue weighted by atomic mass is 35.5. The van der Waals surface area contributed by atoms with Crippen LogP contribution in [0.25, 0.3) is 0 Å². The Morgan fingerprint density at radius 1 is 1.39 bits per heavy atom. The summed E-state index contributed by atoms with van der Waals surface area (Å²) in [5, 5.41) is 0.740. The van der Waals surface area contributed by atoms with Gasteiger partial charge in [0, 0.05) is 11.4 Å². The van der Waals surface area contributed by atoms with E-state index in [0.29, 0.717) is 12.2 Å². The van der Waals surface area contributed by atoms with Gasteiger partial charge in [0.25, 0.3) is 0 Å². The first-order valence-corrected chi connectivity index (χ1v) is 6.87. The van der Waals surface area contributed by atoms with Crippen LogP contribution in [-0.2, 0) is 4.79 Å². The topological polar surface area (TPSA) is 26.3 Å². The summed E-state index contributed by atoms with van der Waals surface area (Å²) in [5.41, 5.74) is 0.728. The number of rotatable bonds is 4. The van der Waals surface area contributed by atoms with Crippen LogP contribution in [0.3, 0.4) is 0 Å². The van der Waals surface area contributed by atoms with Crippen molar-refractivity contribution in [2.75, 3.05) is 0 Å². The van der Waals surface area contributed by atoms with Gasteiger partial charge in [0.2, 0.25) is 0 Å². The van der Waals surface area contributed by atoms with Gasteiger partial charge in [-0.05, 0) is 43.5 Å². The summed E-state index contributed by atoms with van der Waals surface area (Å²) in [6.07, 6.45) is 2.24. The summed E-state index contributed by atoms with van der Waals surface area (Å²) in [6, 6.07) is 5.64. The van der Waals surface area contributed by atoms with Crippen molar-refractivity contribution >= 4 is 17.4 Å². The molecule has 0 amide bonds. The Morgan fingerprint density at radius 3 is 2.56 bits per heavy atom. The standard InChI is InChI=1S/C15H19ClO2/c1-4-15(5-2)13(17)9-14(15)18-11-6-7-12(16)10(3)8-11/h6-8,14H,4-5,9H2,1-3H3. The third kappa shape index (κ3) is 2.03. The van der Waals surface area contributed by atoms with Gasteiger partial charge in [0.15, 0.2) is 0 Å². The number of carbonyl (C=O) groups excluding carboxylic acids is 1. The smallest absolute Gasteiger partial charge is 0.146 e. The molecular weight excluding hydrogens is 248 g/mol. The third-order valence-corrected chi connectivity index (χ3v) is 4.64. The number of hydrogen-bond donors (Lipinski definition) is 0. The van der Waals surface area contributed by atoms with Crippen LogP contribution in [0.15, 0.2) is 18.2 Å². The molecule has 18 heavy (non-hydrogen) atoms. The maximum absolute atomic E-state index is 11.8. The highest BCUT2D eigenvalue weighted by Crippen LogP contribution is 2.45. The Bertz CT molecular complexity index is 464. The Morgan fingerprint density at radius 2 is 2.06 bits per heavy atom. The van der Waals surface area contributed by atoms with E-state index in [0.717, 1.165) is 29.2 Å². The molecular formula is C15H19ClO2. The Labute approximate surface area is 113 Å². The molecule has 0 spiro atoms. The Balaban J connectivity index is 2.15. The Kier molecular flexibility index (Phi) is 3.67. The second kappa shape index (κ2) is 4.93. The second-order valence-corrected chi connectivity index (χ2v) is 5.42. The Hall–Kier alpha value is -1.02. The lowest BCUT2D eigenvalue weighted by Gasteiger charge is -2.46. The molecule has 1 aromatic rings. The molecule has 1 aliphatic rings. The van der Waals surface area contributed by atoms with Gasteiger partial charge in [-0.3, -0.25) is 4.79 Å². The van der Waals surface area contributed by atoms with Crippen molar-refractivity contribution < 1.29 is 9.53 Å². The van der Waals surface area contributed by atoms with E-state index in [2.05, 4.69) is 13.8 Å². The average Bonchev–Trinajstić information content (AvgIpc) is 2.35. The zero-order chi connectivity index (χ0) is 13.3. The normalized spacial score (nSPS) is 21.6. The average molecular weight is 267 g/mol. The fraction of sp³-hybridized carbons (Fsp3) is 0.533. The van der Waals surface area contributed by atoms with Gasteiger partial charge in [-0.25, -0.2) is 0 Å². The van der Waals surface area contributed by atoms with Gasteiger partial charge in [0.05, 0.1) is 5.41 Å². The SMILES string of the molecule is CCC1(CC)C(=O)CC1Oc1ccc(Cl)c(C)c1. The predicted molar refractivity (Wildman–Crippen MR) is 73.2 cm³/mol. The van der Waals surface area contributed by atoms with E-state index in [1.165, 1.54) is 0 Å². The number of hydrogen-bond acceptors (Lipinski definition) is 2. The van der Waals surface area contributed by atoms with Crippen molar-refractivity contribution in [3.05, 3.63) is 28.8 Å². The minimum absolute atomic E-state index is 0.0144. The first-order valence-electron chi connectivity index (χ1n) is 6.49. The molecule has 0 N–H and O–H groups in total. The maximum atomic E-state index is 11.8. The molecule has 0 saturated heterocycles. The predicted octanol–water partition coefficient (Wildman–Crippen LogP) is 4.18. The quantitative estimate of drug-likeness (QED) is 0.817. The molecule has 1 aliphatic carbocycles. The molecule has 1 saturated carbocycles. The van der Waals surface area contributed by atoms with Crippen LogP contribution in [0.2, 0.25) is 5.02 Å². The van der Waals surface area contributed by atoms with E-state index in [1.807, 2.05) is 25.1 Å². The molecule has 3 heteroatoms. The minimum atomic E-state index is -0.270. The minimum Gasteiger partial charge on any atom is -0.489 e. The van der Waals surface area contributed by atoms with Crippen LogP contribution in [0.1, 0.15) is 38.7 Å². The highest BCUT2D eigenvalue weighted by Gasteiger charge is 2.53. The molecule has 2 nitrogen and oxygen atoms in total. The number of carbonyl (C=O) groups is 1. The summed E-state index contributed by atoms with van der Waals surface area (Å²) < 4.78 is 5.97. The van der Waals surface area contributed by atoms with Crippen molar-refractivity contribution in [3.8, 4) is 5.75 Å². The van der Waals surface area contributed by atoms with Gasteiger partial charge < -0.3 is 4.74 Å². The van der Waals surface area contributed by atoms with Gasteiger partial charge >= 0.3 is 0 Å². The molecule has 1 aromatic carbocycles. The monoisotopic (exact) mass is 266 g/mol. The van der Waals surface area contributed by atoms with Gasteiger partial charge in [-0.15, -0.1) is 0 Å². The van der Waals surface area contributed by atoms with E-state index in [1.54, 1.807) is 0 Å². The highest BCUT2D eigenvalue weighted by molar-refractivity contribution is 6.31. The number of ketones is 1. The van der Waals surface area contributed by atoms with Gasteiger partial charge in [-0.1, -0.05) is 25.4 Å². The lowest BCUT2D eigenvalue weighted by atomic mass is 9.61. The largest absolute Gasteiger partial charge is 0.489 e. The summed E-state index contributed by atoms with van der Waals surface area (Å²) in [6.45, 7) is 6.07. The van der Waals surface area contributed by atoms with Crippen molar-refractivity contribution in [2.24, 2.45) is 5.41 Å². The van der Waals surface area contributed by atoms with Crippen LogP contribution in [-0.4, -0.2) is 11.9 Å². The van der Waals surface area contributed by atoms with Gasteiger partial charge in [-0.2, -0.15) is 0 Å². The van der Waals surface area contributed by atoms with Crippen LogP contribution < -0.4 is 4.74 Å². The molecule has 0 radical (unpaired) electrons. The van der Waals surface area contributed by atoms with E-state index in [4.69, 9.17) is 16.3 Å². The summed E-state index contributed by atoms with van der Waals surface area (Å²) in [5.74, 6) is 1.14.